The maximum absolute atomic E-state index is 13.0. The molecule has 0 aliphatic heterocycles. The van der Waals surface area contributed by atoms with Gasteiger partial charge in [-0.25, -0.2) is 9.59 Å². The van der Waals surface area contributed by atoms with Gasteiger partial charge in [0, 0.05) is 44.8 Å². The molecular formula is C50H94N6O14. The third-order valence-electron chi connectivity index (χ3n) is 9.62. The Morgan fingerprint density at radius 1 is 0.500 bits per heavy atom. The Hall–Kier alpha value is -3.80. The van der Waals surface area contributed by atoms with E-state index in [1.165, 1.54) is 4.90 Å². The summed E-state index contributed by atoms with van der Waals surface area (Å²) < 4.78 is 48.0. The van der Waals surface area contributed by atoms with E-state index in [4.69, 9.17) is 66.9 Å². The van der Waals surface area contributed by atoms with Crippen molar-refractivity contribution in [3.05, 3.63) is 0 Å². The van der Waals surface area contributed by atoms with Crippen molar-refractivity contribution in [2.45, 2.75) is 117 Å². The van der Waals surface area contributed by atoms with Crippen molar-refractivity contribution in [1.82, 2.24) is 20.0 Å². The number of amides is 4. The Kier molecular flexibility index (Phi) is 46.4. The smallest absolute Gasteiger partial charge is 0.407 e. The Bertz CT molecular complexity index is 1360. The van der Waals surface area contributed by atoms with E-state index in [9.17, 15) is 24.3 Å². The molecule has 0 radical (unpaired) electrons. The second kappa shape index (κ2) is 47.5. The molecule has 0 saturated heterocycles. The highest BCUT2D eigenvalue weighted by atomic mass is 16.6. The van der Waals surface area contributed by atoms with Crippen LogP contribution >= 0.6 is 0 Å². The number of nitrogens with one attached hydrogen (secondary N) is 1. The fourth-order valence-electron chi connectivity index (χ4n) is 6.06. The maximum atomic E-state index is 13.0. The molecule has 0 aliphatic carbocycles. The zero-order chi connectivity index (χ0) is 52.6. The summed E-state index contributed by atoms with van der Waals surface area (Å²) in [5.41, 5.74) is 10.0. The number of nitrogens with two attached hydrogens (primary N) is 2. The van der Waals surface area contributed by atoms with Crippen molar-refractivity contribution in [3.63, 3.8) is 0 Å². The van der Waals surface area contributed by atoms with E-state index in [1.807, 2.05) is 46.4 Å². The molecular weight excluding hydrogens is 909 g/mol. The van der Waals surface area contributed by atoms with Crippen LogP contribution in [0.15, 0.2) is 0 Å². The SMILES string of the molecule is C#CCOCCOCCOCCOCCC(=O)N(CCCCN)CCCCN.C#CCOCCOCCOCCOCCC(=O)N(CCCCNC(=O)OC(C)(C)C)CCCCN(C(=O)O)C(C)(C)C. The summed E-state index contributed by atoms with van der Waals surface area (Å²) >= 11 is 0. The second-order valence-corrected chi connectivity index (χ2v) is 17.9. The summed E-state index contributed by atoms with van der Waals surface area (Å²) in [6.07, 6.45) is 15.8. The van der Waals surface area contributed by atoms with Gasteiger partial charge in [-0.2, -0.15) is 0 Å². The first-order valence-electron chi connectivity index (χ1n) is 25.0. The van der Waals surface area contributed by atoms with Crippen LogP contribution < -0.4 is 16.8 Å². The molecule has 0 heterocycles. The van der Waals surface area contributed by atoms with Gasteiger partial charge in [0.05, 0.1) is 105 Å². The number of carboxylic acid groups (broad SMARTS) is 1. The first kappa shape index (κ1) is 68.3. The second-order valence-electron chi connectivity index (χ2n) is 17.9. The lowest BCUT2D eigenvalue weighted by Crippen LogP contribution is -2.45. The molecule has 6 N–H and O–H groups in total. The minimum atomic E-state index is -0.952. The number of terminal acetylenes is 2. The molecule has 0 fully saturated rings. The fourth-order valence-corrected chi connectivity index (χ4v) is 6.06. The lowest BCUT2D eigenvalue weighted by Gasteiger charge is -2.33. The fraction of sp³-hybridized carbons (Fsp3) is 0.840. The van der Waals surface area contributed by atoms with Crippen molar-refractivity contribution in [1.29, 1.82) is 0 Å². The molecule has 0 atom stereocenters. The molecule has 0 rings (SSSR count). The average Bonchev–Trinajstić information content (AvgIpc) is 3.29. The van der Waals surface area contributed by atoms with Gasteiger partial charge in [0.2, 0.25) is 11.8 Å². The standard InChI is InChI=1S/C30H55N3O9.C20H39N3O5/c1-8-18-38-20-22-40-24-25-41-23-21-39-19-13-26(34)32(15-10-9-14-31-27(35)42-30(5,6)7)16-11-12-17-33(28(36)37)29(2,3)4;1-2-12-25-14-16-27-18-19-28-17-15-26-13-7-20(24)23(10-5-3-8-21)11-6-4-9-22/h1H,9-25H2,2-7H3,(H,31,35)(H,36,37);1H,3-19,21-22H2. The number of rotatable bonds is 44. The number of carbonyl (C=O) groups is 4. The van der Waals surface area contributed by atoms with Gasteiger partial charge in [0.25, 0.3) is 0 Å². The number of hydrogen-bond acceptors (Lipinski definition) is 15. The zero-order valence-electron chi connectivity index (χ0n) is 43.9. The number of alkyl carbamates (subject to hydrolysis) is 1. The summed E-state index contributed by atoms with van der Waals surface area (Å²) in [5, 5.41) is 12.2. The van der Waals surface area contributed by atoms with Crippen LogP contribution in [0.4, 0.5) is 9.59 Å². The lowest BCUT2D eigenvalue weighted by atomic mass is 10.1. The Morgan fingerprint density at radius 2 is 0.829 bits per heavy atom. The van der Waals surface area contributed by atoms with Gasteiger partial charge in [-0.15, -0.1) is 12.8 Å². The molecule has 0 aromatic carbocycles. The van der Waals surface area contributed by atoms with E-state index in [1.54, 1.807) is 4.90 Å². The molecule has 0 saturated carbocycles. The molecule has 0 aliphatic rings. The first-order chi connectivity index (χ1) is 33.5. The van der Waals surface area contributed by atoms with Crippen LogP contribution in [-0.4, -0.2) is 213 Å². The normalized spacial score (nSPS) is 11.2. The van der Waals surface area contributed by atoms with Crippen LogP contribution in [0.25, 0.3) is 0 Å². The van der Waals surface area contributed by atoms with Crippen LogP contribution in [0, 0.1) is 24.7 Å². The summed E-state index contributed by atoms with van der Waals surface area (Å²) in [5.74, 6) is 4.87. The quantitative estimate of drug-likeness (QED) is 0.0495. The maximum Gasteiger partial charge on any atom is 0.407 e. The minimum absolute atomic E-state index is 0.0256. The third-order valence-corrected chi connectivity index (χ3v) is 9.62. The van der Waals surface area contributed by atoms with Gasteiger partial charge in [-0.1, -0.05) is 11.8 Å². The van der Waals surface area contributed by atoms with Crippen molar-refractivity contribution in [2.24, 2.45) is 11.5 Å². The highest BCUT2D eigenvalue weighted by Crippen LogP contribution is 2.15. The number of unbranched alkanes of at least 4 members (excludes halogenated alkanes) is 4. The summed E-state index contributed by atoms with van der Waals surface area (Å²) in [7, 11) is 0. The molecule has 0 unspecified atom stereocenters. The summed E-state index contributed by atoms with van der Waals surface area (Å²) in [4.78, 5) is 53.8. The van der Waals surface area contributed by atoms with Gasteiger partial charge >= 0.3 is 12.2 Å². The number of hydrogen-bond donors (Lipinski definition) is 4. The van der Waals surface area contributed by atoms with Crippen molar-refractivity contribution >= 4 is 24.0 Å². The van der Waals surface area contributed by atoms with Crippen LogP contribution in [0.5, 0.6) is 0 Å². The zero-order valence-corrected chi connectivity index (χ0v) is 43.9. The monoisotopic (exact) mass is 1000 g/mol. The van der Waals surface area contributed by atoms with Crippen LogP contribution in [0.2, 0.25) is 0 Å². The van der Waals surface area contributed by atoms with Crippen LogP contribution in [-0.2, 0) is 52.2 Å². The van der Waals surface area contributed by atoms with Crippen LogP contribution in [0.1, 0.15) is 106 Å². The van der Waals surface area contributed by atoms with E-state index in [0.717, 1.165) is 38.8 Å². The lowest BCUT2D eigenvalue weighted by molar-refractivity contribution is -0.133. The largest absolute Gasteiger partial charge is 0.465 e. The number of carbonyl (C=O) groups excluding carboxylic acids is 3. The Morgan fingerprint density at radius 3 is 1.16 bits per heavy atom. The van der Waals surface area contributed by atoms with E-state index in [0.29, 0.717) is 164 Å². The molecule has 70 heavy (non-hydrogen) atoms. The van der Waals surface area contributed by atoms with E-state index in [2.05, 4.69) is 17.2 Å². The first-order valence-corrected chi connectivity index (χ1v) is 25.0. The van der Waals surface area contributed by atoms with Gasteiger partial charge in [-0.3, -0.25) is 9.59 Å². The Labute approximate surface area is 421 Å². The van der Waals surface area contributed by atoms with E-state index >= 15 is 0 Å². The van der Waals surface area contributed by atoms with Gasteiger partial charge in [0.1, 0.15) is 18.8 Å². The molecule has 408 valence electrons. The number of ether oxygens (including phenoxy) is 9. The van der Waals surface area contributed by atoms with Gasteiger partial charge in [0.15, 0.2) is 0 Å². The topological polar surface area (TPSA) is 245 Å². The minimum Gasteiger partial charge on any atom is -0.465 e. The van der Waals surface area contributed by atoms with Crippen molar-refractivity contribution in [2.75, 3.05) is 158 Å². The highest BCUT2D eigenvalue weighted by molar-refractivity contribution is 5.76. The molecule has 0 aromatic rings. The molecule has 4 amide bonds. The average molecular weight is 1000 g/mol. The molecule has 20 nitrogen and oxygen atoms in total. The van der Waals surface area contributed by atoms with Crippen molar-refractivity contribution in [3.8, 4) is 24.7 Å². The van der Waals surface area contributed by atoms with Crippen LogP contribution in [0.3, 0.4) is 0 Å². The predicted molar refractivity (Wildman–Crippen MR) is 270 cm³/mol. The van der Waals surface area contributed by atoms with E-state index in [-0.39, 0.29) is 31.4 Å². The Balaban J connectivity index is 0. The highest BCUT2D eigenvalue weighted by Gasteiger charge is 2.25. The van der Waals surface area contributed by atoms with Gasteiger partial charge < -0.3 is 79.2 Å². The predicted octanol–water partition coefficient (Wildman–Crippen LogP) is 4.15. The van der Waals surface area contributed by atoms with Gasteiger partial charge in [-0.05, 0) is 106 Å². The summed E-state index contributed by atoms with van der Waals surface area (Å²) in [6.45, 7) is 22.4. The molecule has 0 spiro atoms. The van der Waals surface area contributed by atoms with E-state index < -0.39 is 23.3 Å². The summed E-state index contributed by atoms with van der Waals surface area (Å²) in [6, 6.07) is 0. The van der Waals surface area contributed by atoms with Crippen molar-refractivity contribution < 1.29 is 66.9 Å². The third kappa shape index (κ3) is 46.6. The molecule has 20 heteroatoms. The number of nitrogens with zero attached hydrogens (tertiary/aromatic N) is 3. The molecule has 0 bridgehead atoms. The molecule has 0 aromatic heterocycles.